The Labute approximate surface area is 85.1 Å². The molecule has 0 aromatic heterocycles. The summed E-state index contributed by atoms with van der Waals surface area (Å²) in [4.78, 5) is 4.60. The van der Waals surface area contributed by atoms with E-state index in [9.17, 15) is 0 Å². The standard InChI is InChI=1S/C12H16N2/c1-3-12(4-2)13-9-10-7-5-6-8-11(10)14-12/h5-9,14H,3-4H2,1-2H3. The quantitative estimate of drug-likeness (QED) is 0.758. The Hall–Kier alpha value is -1.31. The van der Waals surface area contributed by atoms with Gasteiger partial charge in [0.25, 0.3) is 0 Å². The van der Waals surface area contributed by atoms with E-state index in [1.54, 1.807) is 0 Å². The number of benzene rings is 1. The monoisotopic (exact) mass is 188 g/mol. The summed E-state index contributed by atoms with van der Waals surface area (Å²) in [6.07, 6.45) is 4.03. The summed E-state index contributed by atoms with van der Waals surface area (Å²) in [7, 11) is 0. The van der Waals surface area contributed by atoms with Crippen molar-refractivity contribution >= 4 is 11.9 Å². The second-order valence-electron chi connectivity index (χ2n) is 3.71. The summed E-state index contributed by atoms with van der Waals surface area (Å²) in [6, 6.07) is 8.29. The van der Waals surface area contributed by atoms with E-state index in [1.165, 1.54) is 11.3 Å². The first-order valence-corrected chi connectivity index (χ1v) is 5.22. The molecule has 1 aliphatic heterocycles. The van der Waals surface area contributed by atoms with Crippen LogP contribution in [0.3, 0.4) is 0 Å². The molecule has 2 nitrogen and oxygen atoms in total. The van der Waals surface area contributed by atoms with Crippen molar-refractivity contribution < 1.29 is 0 Å². The number of hydrogen-bond acceptors (Lipinski definition) is 2. The SMILES string of the molecule is CCC1(CC)N=Cc2ccccc2N1. The average molecular weight is 188 g/mol. The van der Waals surface area contributed by atoms with Crippen molar-refractivity contribution in [3.63, 3.8) is 0 Å². The number of nitrogens with one attached hydrogen (secondary N) is 1. The molecule has 0 atom stereocenters. The zero-order valence-electron chi connectivity index (χ0n) is 8.75. The molecule has 0 aliphatic carbocycles. The smallest absolute Gasteiger partial charge is 0.129 e. The molecule has 0 spiro atoms. The lowest BCUT2D eigenvalue weighted by atomic mass is 10.0. The summed E-state index contributed by atoms with van der Waals surface area (Å²) < 4.78 is 0. The molecule has 0 bridgehead atoms. The number of aliphatic imine (C=N–C) groups is 1. The van der Waals surface area contributed by atoms with E-state index in [-0.39, 0.29) is 5.66 Å². The minimum Gasteiger partial charge on any atom is -0.361 e. The van der Waals surface area contributed by atoms with Gasteiger partial charge in [-0.1, -0.05) is 32.0 Å². The molecule has 74 valence electrons. The highest BCUT2D eigenvalue weighted by atomic mass is 15.2. The molecule has 2 heteroatoms. The fourth-order valence-electron chi connectivity index (χ4n) is 1.81. The fourth-order valence-corrected chi connectivity index (χ4v) is 1.81. The van der Waals surface area contributed by atoms with Crippen LogP contribution in [0.2, 0.25) is 0 Å². The highest BCUT2D eigenvalue weighted by Gasteiger charge is 2.27. The van der Waals surface area contributed by atoms with Crippen LogP contribution < -0.4 is 5.32 Å². The predicted molar refractivity (Wildman–Crippen MR) is 61.0 cm³/mol. The third kappa shape index (κ3) is 1.41. The van der Waals surface area contributed by atoms with E-state index in [4.69, 9.17) is 0 Å². The van der Waals surface area contributed by atoms with Crippen molar-refractivity contribution in [2.75, 3.05) is 5.32 Å². The van der Waals surface area contributed by atoms with Gasteiger partial charge in [-0.05, 0) is 18.9 Å². The molecule has 0 fully saturated rings. The summed E-state index contributed by atoms with van der Waals surface area (Å²) >= 11 is 0. The lowest BCUT2D eigenvalue weighted by molar-refractivity contribution is 0.455. The van der Waals surface area contributed by atoms with Gasteiger partial charge in [-0.3, -0.25) is 4.99 Å². The van der Waals surface area contributed by atoms with E-state index < -0.39 is 0 Å². The Morgan fingerprint density at radius 2 is 1.93 bits per heavy atom. The molecule has 14 heavy (non-hydrogen) atoms. The van der Waals surface area contributed by atoms with Crippen LogP contribution in [0.25, 0.3) is 0 Å². The van der Waals surface area contributed by atoms with Gasteiger partial charge < -0.3 is 5.32 Å². The van der Waals surface area contributed by atoms with E-state index in [1.807, 2.05) is 12.3 Å². The number of hydrogen-bond donors (Lipinski definition) is 1. The van der Waals surface area contributed by atoms with Crippen molar-refractivity contribution in [3.05, 3.63) is 29.8 Å². The molecule has 0 unspecified atom stereocenters. The van der Waals surface area contributed by atoms with Crippen molar-refractivity contribution in [2.45, 2.75) is 32.4 Å². The topological polar surface area (TPSA) is 24.4 Å². The molecule has 0 amide bonds. The molecule has 1 aliphatic rings. The van der Waals surface area contributed by atoms with Gasteiger partial charge in [-0.2, -0.15) is 0 Å². The van der Waals surface area contributed by atoms with E-state index in [0.29, 0.717) is 0 Å². The Bertz CT molecular complexity index is 351. The predicted octanol–water partition coefficient (Wildman–Crippen LogP) is 3.05. The molecule has 1 aromatic rings. The Balaban J connectivity index is 2.37. The van der Waals surface area contributed by atoms with Crippen LogP contribution in [-0.2, 0) is 0 Å². The number of nitrogens with zero attached hydrogens (tertiary/aromatic N) is 1. The molecular formula is C12H16N2. The number of fused-ring (bicyclic) bond motifs is 1. The Kier molecular flexibility index (Phi) is 2.28. The molecule has 0 saturated heterocycles. The van der Waals surface area contributed by atoms with E-state index in [0.717, 1.165) is 12.8 Å². The minimum absolute atomic E-state index is 0.0750. The van der Waals surface area contributed by atoms with Crippen molar-refractivity contribution in [2.24, 2.45) is 4.99 Å². The van der Waals surface area contributed by atoms with Crippen LogP contribution >= 0.6 is 0 Å². The Morgan fingerprint density at radius 3 is 2.64 bits per heavy atom. The van der Waals surface area contributed by atoms with Crippen molar-refractivity contribution in [1.82, 2.24) is 0 Å². The first kappa shape index (κ1) is 9.25. The summed E-state index contributed by atoms with van der Waals surface area (Å²) in [5.41, 5.74) is 2.31. The molecule has 1 aromatic carbocycles. The third-order valence-corrected chi connectivity index (χ3v) is 2.95. The Morgan fingerprint density at radius 1 is 1.21 bits per heavy atom. The highest BCUT2D eigenvalue weighted by Crippen LogP contribution is 2.29. The van der Waals surface area contributed by atoms with Crippen LogP contribution in [0.5, 0.6) is 0 Å². The van der Waals surface area contributed by atoms with Crippen LogP contribution in [0.4, 0.5) is 5.69 Å². The lowest BCUT2D eigenvalue weighted by Crippen LogP contribution is -2.37. The minimum atomic E-state index is -0.0750. The van der Waals surface area contributed by atoms with Gasteiger partial charge in [-0.15, -0.1) is 0 Å². The maximum atomic E-state index is 4.60. The van der Waals surface area contributed by atoms with Gasteiger partial charge in [0.1, 0.15) is 5.66 Å². The molecule has 1 heterocycles. The number of rotatable bonds is 2. The normalized spacial score (nSPS) is 17.3. The van der Waals surface area contributed by atoms with E-state index in [2.05, 4.69) is 42.4 Å². The fraction of sp³-hybridized carbons (Fsp3) is 0.417. The van der Waals surface area contributed by atoms with Gasteiger partial charge in [-0.25, -0.2) is 0 Å². The van der Waals surface area contributed by atoms with Crippen molar-refractivity contribution in [1.29, 1.82) is 0 Å². The van der Waals surface area contributed by atoms with Crippen LogP contribution in [-0.4, -0.2) is 11.9 Å². The zero-order chi connectivity index (χ0) is 10.0. The lowest BCUT2D eigenvalue weighted by Gasteiger charge is -2.33. The van der Waals surface area contributed by atoms with E-state index >= 15 is 0 Å². The average Bonchev–Trinajstić information content (AvgIpc) is 2.28. The van der Waals surface area contributed by atoms with Gasteiger partial charge in [0.05, 0.1) is 0 Å². The van der Waals surface area contributed by atoms with Gasteiger partial charge in [0.15, 0.2) is 0 Å². The summed E-state index contributed by atoms with van der Waals surface area (Å²) in [5.74, 6) is 0. The van der Waals surface area contributed by atoms with Crippen LogP contribution in [0, 0.1) is 0 Å². The molecule has 0 radical (unpaired) electrons. The van der Waals surface area contributed by atoms with Crippen LogP contribution in [0.1, 0.15) is 32.3 Å². The summed E-state index contributed by atoms with van der Waals surface area (Å²) in [6.45, 7) is 4.34. The molecular weight excluding hydrogens is 172 g/mol. The maximum absolute atomic E-state index is 4.60. The second kappa shape index (κ2) is 3.45. The summed E-state index contributed by atoms with van der Waals surface area (Å²) in [5, 5.41) is 3.51. The molecule has 1 N–H and O–H groups in total. The molecule has 0 saturated carbocycles. The largest absolute Gasteiger partial charge is 0.361 e. The highest BCUT2D eigenvalue weighted by molar-refractivity contribution is 5.90. The van der Waals surface area contributed by atoms with Gasteiger partial charge in [0, 0.05) is 17.5 Å². The van der Waals surface area contributed by atoms with Crippen LogP contribution in [0.15, 0.2) is 29.3 Å². The second-order valence-corrected chi connectivity index (χ2v) is 3.71. The third-order valence-electron chi connectivity index (χ3n) is 2.95. The first-order chi connectivity index (χ1) is 6.79. The molecule has 2 rings (SSSR count). The van der Waals surface area contributed by atoms with Gasteiger partial charge >= 0.3 is 0 Å². The van der Waals surface area contributed by atoms with Crippen molar-refractivity contribution in [3.8, 4) is 0 Å². The maximum Gasteiger partial charge on any atom is 0.129 e. The number of anilines is 1. The first-order valence-electron chi connectivity index (χ1n) is 5.22. The van der Waals surface area contributed by atoms with Gasteiger partial charge in [0.2, 0.25) is 0 Å². The number of para-hydroxylation sites is 1. The zero-order valence-corrected chi connectivity index (χ0v) is 8.75.